The van der Waals surface area contributed by atoms with E-state index in [0.717, 1.165) is 36.2 Å². The molecule has 0 saturated carbocycles. The van der Waals surface area contributed by atoms with Crippen LogP contribution in [0.4, 0.5) is 5.82 Å². The zero-order chi connectivity index (χ0) is 14.4. The largest absolute Gasteiger partial charge is 0.395 e. The summed E-state index contributed by atoms with van der Waals surface area (Å²) in [5.41, 5.74) is 8.37. The molecule has 0 aliphatic heterocycles. The van der Waals surface area contributed by atoms with E-state index in [0.29, 0.717) is 17.4 Å². The molecule has 106 valence electrons. The topological polar surface area (TPSA) is 75.3 Å². The van der Waals surface area contributed by atoms with Gasteiger partial charge in [-0.05, 0) is 25.8 Å². The number of aromatic nitrogens is 2. The van der Waals surface area contributed by atoms with E-state index < -0.39 is 0 Å². The first-order chi connectivity index (χ1) is 9.02. The lowest BCUT2D eigenvalue weighted by Crippen LogP contribution is -2.32. The van der Waals surface area contributed by atoms with E-state index in [1.807, 2.05) is 18.7 Å². The molecule has 6 heteroatoms. The van der Waals surface area contributed by atoms with Crippen LogP contribution in [0.25, 0.3) is 0 Å². The molecule has 0 bridgehead atoms. The van der Waals surface area contributed by atoms with Crippen LogP contribution in [-0.4, -0.2) is 40.0 Å². The highest BCUT2D eigenvalue weighted by atomic mass is 32.1. The third kappa shape index (κ3) is 3.84. The predicted octanol–water partition coefficient (Wildman–Crippen LogP) is 1.33. The molecular weight excluding hydrogens is 260 g/mol. The highest BCUT2D eigenvalue weighted by Crippen LogP contribution is 2.22. The zero-order valence-corrected chi connectivity index (χ0v) is 12.6. The minimum Gasteiger partial charge on any atom is -0.395 e. The lowest BCUT2D eigenvalue weighted by Gasteiger charge is -2.25. The Morgan fingerprint density at radius 1 is 1.32 bits per heavy atom. The first-order valence-corrected chi connectivity index (χ1v) is 6.93. The number of nitrogens with two attached hydrogens (primary N) is 1. The first kappa shape index (κ1) is 15.8. The van der Waals surface area contributed by atoms with E-state index in [-0.39, 0.29) is 6.61 Å². The van der Waals surface area contributed by atoms with Crippen LogP contribution in [-0.2, 0) is 0 Å². The van der Waals surface area contributed by atoms with Gasteiger partial charge in [0.25, 0.3) is 0 Å². The van der Waals surface area contributed by atoms with Crippen molar-refractivity contribution in [2.45, 2.75) is 33.6 Å². The molecule has 1 rings (SSSR count). The van der Waals surface area contributed by atoms with Crippen LogP contribution in [0.15, 0.2) is 0 Å². The summed E-state index contributed by atoms with van der Waals surface area (Å²) < 4.78 is 0. The summed E-state index contributed by atoms with van der Waals surface area (Å²) in [7, 11) is 0. The van der Waals surface area contributed by atoms with Crippen LogP contribution in [0.2, 0.25) is 0 Å². The summed E-state index contributed by atoms with van der Waals surface area (Å²) in [6.45, 7) is 7.33. The number of rotatable bonds is 7. The van der Waals surface area contributed by atoms with Gasteiger partial charge in [0.2, 0.25) is 0 Å². The Hall–Kier alpha value is -1.27. The van der Waals surface area contributed by atoms with E-state index in [2.05, 4.69) is 17.1 Å². The van der Waals surface area contributed by atoms with Crippen molar-refractivity contribution in [1.29, 1.82) is 0 Å². The monoisotopic (exact) mass is 282 g/mol. The number of hydrogen-bond donors (Lipinski definition) is 2. The molecule has 0 atom stereocenters. The summed E-state index contributed by atoms with van der Waals surface area (Å²) in [5.74, 6) is 0.679. The maximum absolute atomic E-state index is 9.20. The number of unbranched alkanes of at least 4 members (excludes halogenated alkanes) is 1. The molecule has 1 heterocycles. The second kappa shape index (κ2) is 7.35. The van der Waals surface area contributed by atoms with Gasteiger partial charge < -0.3 is 15.7 Å². The Kier molecular flexibility index (Phi) is 6.11. The van der Waals surface area contributed by atoms with Gasteiger partial charge in [0, 0.05) is 13.1 Å². The third-order valence-corrected chi connectivity index (χ3v) is 3.34. The minimum absolute atomic E-state index is 0.0646. The van der Waals surface area contributed by atoms with Gasteiger partial charge in [-0.25, -0.2) is 0 Å². The molecule has 0 amide bonds. The van der Waals surface area contributed by atoms with Crippen molar-refractivity contribution in [2.24, 2.45) is 5.73 Å². The fraction of sp³-hybridized carbons (Fsp3) is 0.615. The highest BCUT2D eigenvalue weighted by Gasteiger charge is 2.18. The number of anilines is 1. The number of thiocarbonyl (C=S) groups is 1. The Labute approximate surface area is 119 Å². The molecule has 0 aromatic carbocycles. The minimum atomic E-state index is 0.0646. The van der Waals surface area contributed by atoms with E-state index >= 15 is 0 Å². The number of nitrogens with zero attached hydrogens (tertiary/aromatic N) is 3. The van der Waals surface area contributed by atoms with Crippen molar-refractivity contribution in [3.8, 4) is 0 Å². The van der Waals surface area contributed by atoms with Gasteiger partial charge in [0.1, 0.15) is 4.99 Å². The molecule has 1 aromatic rings. The quantitative estimate of drug-likeness (QED) is 0.735. The van der Waals surface area contributed by atoms with Crippen LogP contribution in [0.5, 0.6) is 0 Å². The average Bonchev–Trinajstić information content (AvgIpc) is 2.37. The summed E-state index contributed by atoms with van der Waals surface area (Å²) in [6.07, 6.45) is 2.09. The number of aliphatic hydroxyl groups is 1. The standard InChI is InChI=1S/C13H22N4OS/c1-4-5-6-17(7-8-18)13-11(12(14)19)9(2)10(3)15-16-13/h18H,4-8H2,1-3H3,(H2,14,19). The van der Waals surface area contributed by atoms with Crippen molar-refractivity contribution in [1.82, 2.24) is 10.2 Å². The SMILES string of the molecule is CCCCN(CCO)c1nnc(C)c(C)c1C(N)=S. The zero-order valence-electron chi connectivity index (χ0n) is 11.8. The van der Waals surface area contributed by atoms with Gasteiger partial charge in [-0.15, -0.1) is 5.10 Å². The van der Waals surface area contributed by atoms with Crippen molar-refractivity contribution in [2.75, 3.05) is 24.6 Å². The maximum atomic E-state index is 9.20. The van der Waals surface area contributed by atoms with Gasteiger partial charge >= 0.3 is 0 Å². The van der Waals surface area contributed by atoms with E-state index in [4.69, 9.17) is 18.0 Å². The Balaban J connectivity index is 3.21. The fourth-order valence-electron chi connectivity index (χ4n) is 1.91. The Morgan fingerprint density at radius 2 is 2.00 bits per heavy atom. The van der Waals surface area contributed by atoms with Crippen LogP contribution < -0.4 is 10.6 Å². The second-order valence-electron chi connectivity index (χ2n) is 4.54. The Morgan fingerprint density at radius 3 is 2.53 bits per heavy atom. The third-order valence-electron chi connectivity index (χ3n) is 3.13. The summed E-state index contributed by atoms with van der Waals surface area (Å²) >= 11 is 5.13. The average molecular weight is 282 g/mol. The molecule has 19 heavy (non-hydrogen) atoms. The molecular formula is C13H22N4OS. The van der Waals surface area contributed by atoms with Crippen molar-refractivity contribution >= 4 is 23.0 Å². The lowest BCUT2D eigenvalue weighted by molar-refractivity contribution is 0.301. The number of aryl methyl sites for hydroxylation is 1. The van der Waals surface area contributed by atoms with Gasteiger partial charge in [-0.1, -0.05) is 25.6 Å². The second-order valence-corrected chi connectivity index (χ2v) is 4.98. The Bertz CT molecular complexity index is 451. The maximum Gasteiger partial charge on any atom is 0.161 e. The molecule has 0 saturated heterocycles. The van der Waals surface area contributed by atoms with Crippen molar-refractivity contribution in [3.63, 3.8) is 0 Å². The summed E-state index contributed by atoms with van der Waals surface area (Å²) in [6, 6.07) is 0. The molecule has 5 nitrogen and oxygen atoms in total. The van der Waals surface area contributed by atoms with Crippen LogP contribution in [0.1, 0.15) is 36.6 Å². The molecule has 0 aliphatic carbocycles. The van der Waals surface area contributed by atoms with Crippen LogP contribution >= 0.6 is 12.2 Å². The van der Waals surface area contributed by atoms with Crippen molar-refractivity contribution in [3.05, 3.63) is 16.8 Å². The summed E-state index contributed by atoms with van der Waals surface area (Å²) in [4.78, 5) is 2.32. The van der Waals surface area contributed by atoms with Gasteiger partial charge in [0.15, 0.2) is 5.82 Å². The van der Waals surface area contributed by atoms with Gasteiger partial charge in [0.05, 0.1) is 17.9 Å². The normalized spacial score (nSPS) is 10.5. The lowest BCUT2D eigenvalue weighted by atomic mass is 10.1. The molecule has 3 N–H and O–H groups in total. The molecule has 0 spiro atoms. The molecule has 1 aromatic heterocycles. The van der Waals surface area contributed by atoms with Gasteiger partial charge in [-0.2, -0.15) is 5.10 Å². The van der Waals surface area contributed by atoms with E-state index in [1.165, 1.54) is 0 Å². The van der Waals surface area contributed by atoms with Crippen molar-refractivity contribution < 1.29 is 5.11 Å². The van der Waals surface area contributed by atoms with Crippen LogP contribution in [0.3, 0.4) is 0 Å². The molecule has 0 fully saturated rings. The molecule has 0 unspecified atom stereocenters. The number of aliphatic hydroxyl groups excluding tert-OH is 1. The summed E-state index contributed by atoms with van der Waals surface area (Å²) in [5, 5.41) is 17.6. The molecule has 0 aliphatic rings. The fourth-order valence-corrected chi connectivity index (χ4v) is 2.15. The first-order valence-electron chi connectivity index (χ1n) is 6.52. The van der Waals surface area contributed by atoms with E-state index in [1.54, 1.807) is 0 Å². The molecule has 0 radical (unpaired) electrons. The van der Waals surface area contributed by atoms with Crippen LogP contribution in [0, 0.1) is 13.8 Å². The van der Waals surface area contributed by atoms with E-state index in [9.17, 15) is 5.11 Å². The predicted molar refractivity (Wildman–Crippen MR) is 81.6 cm³/mol. The smallest absolute Gasteiger partial charge is 0.161 e. The highest BCUT2D eigenvalue weighted by molar-refractivity contribution is 7.80. The number of hydrogen-bond acceptors (Lipinski definition) is 5. The van der Waals surface area contributed by atoms with Gasteiger partial charge in [-0.3, -0.25) is 0 Å².